The molecule has 0 radical (unpaired) electrons. The number of methoxy groups -OCH3 is 2. The van der Waals surface area contributed by atoms with E-state index in [4.69, 9.17) is 9.47 Å². The smallest absolute Gasteiger partial charge is 0.182 e. The Morgan fingerprint density at radius 2 is 1.24 bits per heavy atom. The van der Waals surface area contributed by atoms with Gasteiger partial charge >= 0.3 is 0 Å². The Kier molecular flexibility index (Phi) is 4.84. The highest BCUT2D eigenvalue weighted by atomic mass is 16.7. The molecule has 1 saturated carbocycles. The van der Waals surface area contributed by atoms with Crippen LogP contribution in [0.3, 0.4) is 0 Å². The highest BCUT2D eigenvalue weighted by Gasteiger charge is 2.72. The van der Waals surface area contributed by atoms with Crippen molar-refractivity contribution in [1.29, 1.82) is 0 Å². The average Bonchev–Trinajstić information content (AvgIpc) is 3.46. The summed E-state index contributed by atoms with van der Waals surface area (Å²) in [5, 5.41) is 2.71. The lowest BCUT2D eigenvalue weighted by molar-refractivity contribution is -0.136. The number of benzene rings is 4. The maximum Gasteiger partial charge on any atom is 0.182 e. The summed E-state index contributed by atoms with van der Waals surface area (Å²) >= 11 is 0. The fourth-order valence-electron chi connectivity index (χ4n) is 9.96. The molecule has 0 saturated heterocycles. The third kappa shape index (κ3) is 2.87. The molecule has 8 rings (SSSR count). The van der Waals surface area contributed by atoms with E-state index in [1.807, 2.05) is 14.2 Å². The minimum Gasteiger partial charge on any atom is -0.352 e. The molecule has 210 valence electrons. The number of ether oxygens (including phenoxy) is 2. The molecule has 0 amide bonds. The van der Waals surface area contributed by atoms with Crippen molar-refractivity contribution in [3.05, 3.63) is 106 Å². The van der Waals surface area contributed by atoms with Gasteiger partial charge in [0.2, 0.25) is 0 Å². The Labute approximate surface area is 245 Å². The van der Waals surface area contributed by atoms with Crippen LogP contribution in [0.1, 0.15) is 111 Å². The Balaban J connectivity index is 1.53. The molecule has 4 aromatic carbocycles. The van der Waals surface area contributed by atoms with E-state index in [1.54, 1.807) is 5.56 Å². The van der Waals surface area contributed by atoms with Crippen molar-refractivity contribution in [2.24, 2.45) is 0 Å². The highest BCUT2D eigenvalue weighted by molar-refractivity contribution is 6.00. The Hall–Kier alpha value is -2.94. The van der Waals surface area contributed by atoms with Crippen molar-refractivity contribution >= 4 is 10.8 Å². The highest BCUT2D eigenvalue weighted by Crippen LogP contribution is 2.75. The van der Waals surface area contributed by atoms with Gasteiger partial charge in [-0.05, 0) is 83.2 Å². The van der Waals surface area contributed by atoms with Gasteiger partial charge in [0.25, 0.3) is 0 Å². The minimum absolute atomic E-state index is 0.0113. The predicted molar refractivity (Wildman–Crippen MR) is 168 cm³/mol. The van der Waals surface area contributed by atoms with Gasteiger partial charge in [-0.1, -0.05) is 109 Å². The number of rotatable bonds is 2. The zero-order valence-electron chi connectivity index (χ0n) is 26.0. The van der Waals surface area contributed by atoms with Gasteiger partial charge in [0.05, 0.1) is 11.8 Å². The molecule has 1 fully saturated rings. The van der Waals surface area contributed by atoms with Crippen LogP contribution in [0.15, 0.2) is 66.7 Å². The van der Waals surface area contributed by atoms with E-state index < -0.39 is 5.79 Å². The Morgan fingerprint density at radius 1 is 0.610 bits per heavy atom. The largest absolute Gasteiger partial charge is 0.352 e. The van der Waals surface area contributed by atoms with E-state index in [0.29, 0.717) is 11.8 Å². The van der Waals surface area contributed by atoms with Crippen molar-refractivity contribution < 1.29 is 9.47 Å². The first-order chi connectivity index (χ1) is 19.4. The van der Waals surface area contributed by atoms with Crippen molar-refractivity contribution in [2.45, 2.75) is 94.2 Å². The predicted octanol–water partition coefficient (Wildman–Crippen LogP) is 9.44. The summed E-state index contributed by atoms with van der Waals surface area (Å²) in [7, 11) is 3.66. The normalized spacial score (nSPS) is 27.0. The Morgan fingerprint density at radius 3 is 1.93 bits per heavy atom. The molecule has 41 heavy (non-hydrogen) atoms. The molecule has 4 aliphatic carbocycles. The molecule has 4 aromatic rings. The van der Waals surface area contributed by atoms with Gasteiger partial charge in [-0.25, -0.2) is 0 Å². The summed E-state index contributed by atoms with van der Waals surface area (Å²) < 4.78 is 12.6. The third-order valence-electron chi connectivity index (χ3n) is 11.7. The second-order valence-corrected chi connectivity index (χ2v) is 15.2. The van der Waals surface area contributed by atoms with Crippen molar-refractivity contribution in [1.82, 2.24) is 0 Å². The van der Waals surface area contributed by atoms with Gasteiger partial charge in [-0.15, -0.1) is 0 Å². The monoisotopic (exact) mass is 542 g/mol. The number of fused-ring (bicyclic) bond motifs is 14. The van der Waals surface area contributed by atoms with Crippen LogP contribution < -0.4 is 0 Å². The third-order valence-corrected chi connectivity index (χ3v) is 11.7. The van der Waals surface area contributed by atoms with Gasteiger partial charge in [0, 0.05) is 26.1 Å². The molecule has 4 atom stereocenters. The summed E-state index contributed by atoms with van der Waals surface area (Å²) in [6.45, 7) is 17.0. The first-order valence-electron chi connectivity index (χ1n) is 15.3. The lowest BCUT2D eigenvalue weighted by Gasteiger charge is -2.33. The molecule has 0 bridgehead atoms. The summed E-state index contributed by atoms with van der Waals surface area (Å²) in [5.41, 5.74) is 13.3. The fraction of sp³-hybridized carbons (Fsp3) is 0.436. The summed E-state index contributed by atoms with van der Waals surface area (Å²) in [5.74, 6) is 0.584. The van der Waals surface area contributed by atoms with Crippen molar-refractivity contribution in [3.8, 4) is 11.1 Å². The number of hydrogen-bond acceptors (Lipinski definition) is 2. The second-order valence-electron chi connectivity index (χ2n) is 15.2. The summed E-state index contributed by atoms with van der Waals surface area (Å²) in [6, 6.07) is 25.8. The molecule has 0 aliphatic heterocycles. The molecule has 4 aliphatic rings. The maximum absolute atomic E-state index is 6.32. The first kappa shape index (κ1) is 25.7. The van der Waals surface area contributed by atoms with E-state index in [-0.39, 0.29) is 28.1 Å². The van der Waals surface area contributed by atoms with Gasteiger partial charge in [0.15, 0.2) is 5.79 Å². The van der Waals surface area contributed by atoms with Gasteiger partial charge < -0.3 is 9.47 Å². The van der Waals surface area contributed by atoms with Gasteiger partial charge in [-0.2, -0.15) is 0 Å². The van der Waals surface area contributed by atoms with Crippen LogP contribution in [-0.2, 0) is 25.7 Å². The zero-order chi connectivity index (χ0) is 28.9. The summed E-state index contributed by atoms with van der Waals surface area (Å²) in [6.07, 6.45) is 0. The van der Waals surface area contributed by atoms with Crippen LogP contribution in [0.5, 0.6) is 0 Å². The SMILES string of the molecule is COC1(OC)C2c3ccc4c(c3-c3cc(C(C)(C)C)c5ccccc5c3C21)C1C(c2ccccc2C1(C)C)C4(C)C. The first-order valence-corrected chi connectivity index (χ1v) is 15.3. The van der Waals surface area contributed by atoms with Gasteiger partial charge in [0.1, 0.15) is 0 Å². The molecule has 2 nitrogen and oxygen atoms in total. The molecule has 4 unspecified atom stereocenters. The molecule has 0 aromatic heterocycles. The van der Waals surface area contributed by atoms with E-state index in [1.165, 1.54) is 55.3 Å². The van der Waals surface area contributed by atoms with E-state index in [2.05, 4.69) is 115 Å². The maximum atomic E-state index is 6.32. The lowest BCUT2D eigenvalue weighted by Crippen LogP contribution is -2.25. The standard InChI is InChI=1S/C39H42O2/c1-36(2,3)28-20-25-29-24(33-35(39(33,40-8)41-9)30(25)22-15-11-10-14-21(22)28)18-19-27-31(29)34-32(38(27,6)7)23-16-12-13-17-26(23)37(34,4)5/h10-20,32-35H,1-9H3. The van der Waals surface area contributed by atoms with Crippen molar-refractivity contribution in [2.75, 3.05) is 14.2 Å². The molecule has 0 spiro atoms. The lowest BCUT2D eigenvalue weighted by atomic mass is 9.69. The molecular formula is C39H42O2. The van der Waals surface area contributed by atoms with Gasteiger partial charge in [-0.3, -0.25) is 0 Å². The summed E-state index contributed by atoms with van der Waals surface area (Å²) in [4.78, 5) is 0. The van der Waals surface area contributed by atoms with Crippen LogP contribution in [-0.4, -0.2) is 20.0 Å². The van der Waals surface area contributed by atoms with Crippen LogP contribution >= 0.6 is 0 Å². The topological polar surface area (TPSA) is 18.5 Å². The van der Waals surface area contributed by atoms with E-state index in [0.717, 1.165) is 0 Å². The molecule has 0 N–H and O–H groups in total. The average molecular weight is 543 g/mol. The molecule has 2 heteroatoms. The quantitative estimate of drug-likeness (QED) is 0.235. The van der Waals surface area contributed by atoms with Crippen LogP contribution in [0.2, 0.25) is 0 Å². The van der Waals surface area contributed by atoms with Crippen LogP contribution in [0, 0.1) is 0 Å². The van der Waals surface area contributed by atoms with E-state index >= 15 is 0 Å². The van der Waals surface area contributed by atoms with E-state index in [9.17, 15) is 0 Å². The minimum atomic E-state index is -0.637. The zero-order valence-corrected chi connectivity index (χ0v) is 26.0. The number of hydrogen-bond donors (Lipinski definition) is 0. The van der Waals surface area contributed by atoms with Crippen LogP contribution in [0.25, 0.3) is 21.9 Å². The molecule has 0 heterocycles. The second kappa shape index (κ2) is 7.71. The molecular weight excluding hydrogens is 500 g/mol. The van der Waals surface area contributed by atoms with Crippen LogP contribution in [0.4, 0.5) is 0 Å². The van der Waals surface area contributed by atoms with Crippen molar-refractivity contribution in [3.63, 3.8) is 0 Å². The fourth-order valence-corrected chi connectivity index (χ4v) is 9.96. The Bertz CT molecular complexity index is 1780.